The largest absolute Gasteiger partial charge is 0.465 e. The maximum Gasteiger partial charge on any atom is 0.433 e. The first-order chi connectivity index (χ1) is 12.4. The number of rotatable bonds is 2. The van der Waals surface area contributed by atoms with E-state index in [1.54, 1.807) is 0 Å². The molecule has 1 aromatic heterocycles. The number of carbonyl (C=O) groups is 1. The number of esters is 1. The van der Waals surface area contributed by atoms with Gasteiger partial charge in [-0.1, -0.05) is 0 Å². The van der Waals surface area contributed by atoms with Crippen LogP contribution in [0.3, 0.4) is 0 Å². The highest BCUT2D eigenvalue weighted by Crippen LogP contribution is 2.29. The second-order valence-corrected chi connectivity index (χ2v) is 5.22. The van der Waals surface area contributed by atoms with Gasteiger partial charge in [0.05, 0.1) is 23.9 Å². The number of nitrogens with zero attached hydrogens (tertiary/aromatic N) is 3. The molecule has 142 valence electrons. The highest BCUT2D eigenvalue weighted by Gasteiger charge is 2.38. The summed E-state index contributed by atoms with van der Waals surface area (Å²) in [4.78, 5) is 36.3. The third-order valence-electron chi connectivity index (χ3n) is 3.64. The summed E-state index contributed by atoms with van der Waals surface area (Å²) < 4.78 is 57.6. The SMILES string of the molecule is COC(=O)c1cc(-n2c(=O)c(C)c(C(F)(F)F)n(N)c2=O)c(F)cc1C#N. The molecule has 2 aromatic rings. The average Bonchev–Trinajstić information content (AvgIpc) is 2.59. The molecule has 0 aliphatic rings. The Morgan fingerprint density at radius 3 is 2.37 bits per heavy atom. The van der Waals surface area contributed by atoms with Crippen LogP contribution in [-0.4, -0.2) is 22.3 Å². The third-order valence-corrected chi connectivity index (χ3v) is 3.64. The van der Waals surface area contributed by atoms with Crippen LogP contribution in [0.15, 0.2) is 21.7 Å². The Kier molecular flexibility index (Phi) is 4.81. The maximum absolute atomic E-state index is 14.4. The number of benzene rings is 1. The number of ether oxygens (including phenoxy) is 1. The van der Waals surface area contributed by atoms with Gasteiger partial charge in [-0.2, -0.15) is 18.4 Å². The summed E-state index contributed by atoms with van der Waals surface area (Å²) >= 11 is 0. The second kappa shape index (κ2) is 6.60. The fraction of sp³-hybridized carbons (Fsp3) is 0.200. The van der Waals surface area contributed by atoms with Gasteiger partial charge in [-0.15, -0.1) is 0 Å². The van der Waals surface area contributed by atoms with E-state index in [1.165, 1.54) is 6.07 Å². The summed E-state index contributed by atoms with van der Waals surface area (Å²) in [6.07, 6.45) is -5.11. The standard InChI is InChI=1S/C15H10F4N4O4/c1-6-11(15(17,18)19)23(21)14(26)22(12(6)24)10-4-8(13(25)27-2)7(5-20)3-9(10)16/h3-4H,21H2,1-2H3. The summed E-state index contributed by atoms with van der Waals surface area (Å²) in [5.74, 6) is 2.77. The van der Waals surface area contributed by atoms with Gasteiger partial charge >= 0.3 is 17.8 Å². The maximum atomic E-state index is 14.4. The molecule has 0 amide bonds. The van der Waals surface area contributed by atoms with E-state index in [0.29, 0.717) is 12.1 Å². The number of aromatic nitrogens is 2. The average molecular weight is 386 g/mol. The van der Waals surface area contributed by atoms with Crippen LogP contribution >= 0.6 is 0 Å². The molecule has 12 heteroatoms. The molecule has 0 unspecified atom stereocenters. The van der Waals surface area contributed by atoms with Crippen LogP contribution in [0.4, 0.5) is 17.6 Å². The zero-order valence-electron chi connectivity index (χ0n) is 13.7. The Labute approximate surface area is 147 Å². The fourth-order valence-corrected chi connectivity index (χ4v) is 2.41. The molecule has 0 saturated heterocycles. The van der Waals surface area contributed by atoms with Crippen LogP contribution in [0, 0.1) is 24.1 Å². The zero-order valence-corrected chi connectivity index (χ0v) is 13.7. The van der Waals surface area contributed by atoms with Crippen molar-refractivity contribution in [2.75, 3.05) is 13.0 Å². The van der Waals surface area contributed by atoms with Crippen LogP contribution in [-0.2, 0) is 10.9 Å². The molecule has 1 aromatic carbocycles. The Morgan fingerprint density at radius 2 is 1.89 bits per heavy atom. The van der Waals surface area contributed by atoms with E-state index >= 15 is 0 Å². The smallest absolute Gasteiger partial charge is 0.433 e. The van der Waals surface area contributed by atoms with Crippen molar-refractivity contribution in [1.29, 1.82) is 5.26 Å². The molecular weight excluding hydrogens is 376 g/mol. The summed E-state index contributed by atoms with van der Waals surface area (Å²) in [5.41, 5.74) is -7.67. The van der Waals surface area contributed by atoms with Gasteiger partial charge in [0.25, 0.3) is 5.56 Å². The van der Waals surface area contributed by atoms with Gasteiger partial charge < -0.3 is 10.6 Å². The van der Waals surface area contributed by atoms with Crippen LogP contribution in [0.5, 0.6) is 0 Å². The van der Waals surface area contributed by atoms with E-state index in [4.69, 9.17) is 11.1 Å². The van der Waals surface area contributed by atoms with E-state index < -0.39 is 57.3 Å². The second-order valence-electron chi connectivity index (χ2n) is 5.22. The molecule has 0 radical (unpaired) electrons. The highest BCUT2D eigenvalue weighted by molar-refractivity contribution is 5.92. The van der Waals surface area contributed by atoms with Crippen molar-refractivity contribution in [2.45, 2.75) is 13.1 Å². The van der Waals surface area contributed by atoms with Gasteiger partial charge in [0.1, 0.15) is 11.9 Å². The number of nitriles is 1. The molecule has 1 heterocycles. The Bertz CT molecular complexity index is 1070. The molecular formula is C15H10F4N4O4. The van der Waals surface area contributed by atoms with Crippen molar-refractivity contribution in [3.63, 3.8) is 0 Å². The number of nitrogen functional groups attached to an aromatic ring is 1. The first-order valence-corrected chi connectivity index (χ1v) is 6.99. The molecule has 0 atom stereocenters. The highest BCUT2D eigenvalue weighted by atomic mass is 19.4. The lowest BCUT2D eigenvalue weighted by molar-refractivity contribution is -0.144. The van der Waals surface area contributed by atoms with Gasteiger partial charge in [-0.3, -0.25) is 4.79 Å². The normalized spacial score (nSPS) is 11.1. The van der Waals surface area contributed by atoms with Gasteiger partial charge in [0.15, 0.2) is 5.69 Å². The molecule has 0 aliphatic heterocycles. The lowest BCUT2D eigenvalue weighted by Gasteiger charge is -2.17. The summed E-state index contributed by atoms with van der Waals surface area (Å²) in [7, 11) is 0.966. The van der Waals surface area contributed by atoms with Crippen LogP contribution in [0.2, 0.25) is 0 Å². The minimum absolute atomic E-state index is 0.0352. The summed E-state index contributed by atoms with van der Waals surface area (Å²) in [5, 5.41) is 8.97. The Morgan fingerprint density at radius 1 is 1.30 bits per heavy atom. The summed E-state index contributed by atoms with van der Waals surface area (Å²) in [6.45, 7) is 0.757. The molecule has 2 rings (SSSR count). The van der Waals surface area contributed by atoms with Gasteiger partial charge in [-0.25, -0.2) is 23.2 Å². The minimum atomic E-state index is -5.11. The predicted octanol–water partition coefficient (Wildman–Crippen LogP) is 0.838. The van der Waals surface area contributed by atoms with E-state index in [1.807, 2.05) is 0 Å². The van der Waals surface area contributed by atoms with Crippen LogP contribution in [0.1, 0.15) is 27.2 Å². The first-order valence-electron chi connectivity index (χ1n) is 6.99. The van der Waals surface area contributed by atoms with Gasteiger partial charge in [-0.05, 0) is 19.1 Å². The monoisotopic (exact) mass is 386 g/mol. The van der Waals surface area contributed by atoms with Gasteiger partial charge in [0.2, 0.25) is 0 Å². The van der Waals surface area contributed by atoms with Crippen LogP contribution < -0.4 is 17.1 Å². The molecule has 27 heavy (non-hydrogen) atoms. The van der Waals surface area contributed by atoms with Crippen LogP contribution in [0.25, 0.3) is 5.69 Å². The molecule has 0 saturated carbocycles. The number of hydrogen-bond donors (Lipinski definition) is 1. The predicted molar refractivity (Wildman–Crippen MR) is 82.2 cm³/mol. The topological polar surface area (TPSA) is 120 Å². The number of alkyl halides is 3. The fourth-order valence-electron chi connectivity index (χ4n) is 2.41. The number of carbonyl (C=O) groups excluding carboxylic acids is 1. The Hall–Kier alpha value is -3.62. The van der Waals surface area contributed by atoms with E-state index in [0.717, 1.165) is 14.0 Å². The molecule has 2 N–H and O–H groups in total. The molecule has 0 spiro atoms. The third kappa shape index (κ3) is 3.14. The zero-order chi connectivity index (χ0) is 20.7. The van der Waals surface area contributed by atoms with Crippen molar-refractivity contribution in [3.8, 4) is 11.8 Å². The molecule has 0 fully saturated rings. The summed E-state index contributed by atoms with van der Waals surface area (Å²) in [6, 6.07) is 2.72. The Balaban J connectivity index is 2.97. The minimum Gasteiger partial charge on any atom is -0.465 e. The number of nitrogens with two attached hydrogens (primary N) is 1. The molecule has 0 aliphatic carbocycles. The van der Waals surface area contributed by atoms with E-state index in [9.17, 15) is 31.9 Å². The first kappa shape index (κ1) is 19.7. The van der Waals surface area contributed by atoms with Crippen molar-refractivity contribution in [2.24, 2.45) is 0 Å². The molecule has 8 nitrogen and oxygen atoms in total. The number of halogens is 4. The van der Waals surface area contributed by atoms with Crippen molar-refractivity contribution in [3.05, 3.63) is 61.2 Å². The molecule has 0 bridgehead atoms. The van der Waals surface area contributed by atoms with Gasteiger partial charge in [0, 0.05) is 5.56 Å². The van der Waals surface area contributed by atoms with Crippen molar-refractivity contribution in [1.82, 2.24) is 9.24 Å². The number of hydrogen-bond acceptors (Lipinski definition) is 6. The van der Waals surface area contributed by atoms with E-state index in [2.05, 4.69) is 4.74 Å². The van der Waals surface area contributed by atoms with Crippen molar-refractivity contribution >= 4 is 5.97 Å². The lowest BCUT2D eigenvalue weighted by atomic mass is 10.1. The number of methoxy groups -OCH3 is 1. The quantitative estimate of drug-likeness (QED) is 0.464. The van der Waals surface area contributed by atoms with E-state index in [-0.39, 0.29) is 9.24 Å². The lowest BCUT2D eigenvalue weighted by Crippen LogP contribution is -2.47. The van der Waals surface area contributed by atoms with Crippen molar-refractivity contribution < 1.29 is 27.1 Å².